The van der Waals surface area contributed by atoms with Gasteiger partial charge in [-0.25, -0.2) is 0 Å². The molecule has 0 heterocycles. The Hall–Kier alpha value is -1.95. The summed E-state index contributed by atoms with van der Waals surface area (Å²) in [5.74, 6) is -0.453. The largest absolute Gasteiger partial charge is 0.394 e. The van der Waals surface area contributed by atoms with Crippen molar-refractivity contribution >= 4 is 16.7 Å². The van der Waals surface area contributed by atoms with Crippen molar-refractivity contribution in [1.82, 2.24) is 5.06 Å². The Kier molecular flexibility index (Phi) is 5.27. The summed E-state index contributed by atoms with van der Waals surface area (Å²) in [6.07, 6.45) is 0. The van der Waals surface area contributed by atoms with E-state index in [1.165, 1.54) is 19.1 Å². The highest BCUT2D eigenvalue weighted by atomic mass is 16.7. The van der Waals surface area contributed by atoms with Crippen molar-refractivity contribution in [3.8, 4) is 0 Å². The maximum atomic E-state index is 11.2. The summed E-state index contributed by atoms with van der Waals surface area (Å²) in [6, 6.07) is 13.3. The van der Waals surface area contributed by atoms with Crippen molar-refractivity contribution in [2.45, 2.75) is 13.0 Å². The molecule has 2 aromatic rings. The maximum Gasteiger partial charge on any atom is 0.322 e. The van der Waals surface area contributed by atoms with Gasteiger partial charge in [-0.05, 0) is 22.4 Å². The van der Waals surface area contributed by atoms with Crippen LogP contribution in [0.25, 0.3) is 10.8 Å². The van der Waals surface area contributed by atoms with Crippen molar-refractivity contribution in [3.63, 3.8) is 0 Å². The zero-order valence-corrected chi connectivity index (χ0v) is 12.2. The number of nitrogens with zero attached hydrogens (tertiary/aromatic N) is 1. The molecule has 0 aliphatic rings. The highest BCUT2D eigenvalue weighted by molar-refractivity contribution is 5.83. The zero-order chi connectivity index (χ0) is 15.2. The zero-order valence-electron chi connectivity index (χ0n) is 12.2. The molecule has 0 saturated heterocycles. The molecule has 5 heteroatoms. The third-order valence-corrected chi connectivity index (χ3v) is 3.18. The van der Waals surface area contributed by atoms with Crippen molar-refractivity contribution < 1.29 is 19.5 Å². The van der Waals surface area contributed by atoms with Crippen LogP contribution in [0.4, 0.5) is 0 Å². The lowest BCUT2D eigenvalue weighted by molar-refractivity contribution is -0.228. The predicted molar refractivity (Wildman–Crippen MR) is 79.3 cm³/mol. The predicted octanol–water partition coefficient (Wildman–Crippen LogP) is 2.26. The van der Waals surface area contributed by atoms with Crippen LogP contribution in [0.5, 0.6) is 0 Å². The minimum Gasteiger partial charge on any atom is -0.394 e. The number of aliphatic hydroxyl groups excluding tert-OH is 1. The summed E-state index contributed by atoms with van der Waals surface area (Å²) < 4.78 is 5.03. The second-order valence-electron chi connectivity index (χ2n) is 4.72. The van der Waals surface area contributed by atoms with E-state index in [9.17, 15) is 9.90 Å². The van der Waals surface area contributed by atoms with Gasteiger partial charge in [0.1, 0.15) is 6.73 Å². The lowest BCUT2D eigenvalue weighted by Crippen LogP contribution is -2.34. The first-order chi connectivity index (χ1) is 10.2. The first kappa shape index (κ1) is 15.4. The Bertz CT molecular complexity index is 614. The maximum absolute atomic E-state index is 11.2. The smallest absolute Gasteiger partial charge is 0.322 e. The molecule has 112 valence electrons. The fourth-order valence-electron chi connectivity index (χ4n) is 2.25. The van der Waals surface area contributed by atoms with E-state index in [0.29, 0.717) is 0 Å². The van der Waals surface area contributed by atoms with Crippen LogP contribution < -0.4 is 0 Å². The first-order valence-corrected chi connectivity index (χ1v) is 6.69. The van der Waals surface area contributed by atoms with Gasteiger partial charge in [-0.1, -0.05) is 36.4 Å². The molecule has 1 atom stereocenters. The number of rotatable bonds is 6. The lowest BCUT2D eigenvalue weighted by atomic mass is 10.0. The average Bonchev–Trinajstić information content (AvgIpc) is 2.47. The van der Waals surface area contributed by atoms with E-state index in [1.54, 1.807) is 0 Å². The van der Waals surface area contributed by atoms with Crippen LogP contribution in [0.2, 0.25) is 0 Å². The van der Waals surface area contributed by atoms with E-state index >= 15 is 0 Å². The molecular formula is C16H19NO4. The quantitative estimate of drug-likeness (QED) is 0.653. The van der Waals surface area contributed by atoms with Crippen LogP contribution in [0.3, 0.4) is 0 Å². The number of hydrogen-bond acceptors (Lipinski definition) is 5. The Morgan fingerprint density at radius 2 is 1.95 bits per heavy atom. The number of methoxy groups -OCH3 is 1. The molecule has 0 amide bonds. The van der Waals surface area contributed by atoms with Crippen molar-refractivity contribution in [3.05, 3.63) is 48.0 Å². The van der Waals surface area contributed by atoms with Gasteiger partial charge in [-0.15, -0.1) is 5.06 Å². The number of aliphatic hydroxyl groups is 1. The normalized spacial score (nSPS) is 12.6. The second kappa shape index (κ2) is 7.17. The Morgan fingerprint density at radius 1 is 1.24 bits per heavy atom. The Labute approximate surface area is 123 Å². The Balaban J connectivity index is 2.33. The molecule has 0 aromatic heterocycles. The summed E-state index contributed by atoms with van der Waals surface area (Å²) in [6.45, 7) is 1.21. The van der Waals surface area contributed by atoms with Gasteiger partial charge in [0.05, 0.1) is 12.6 Å². The first-order valence-electron chi connectivity index (χ1n) is 6.69. The number of hydroxylamine groups is 2. The molecular weight excluding hydrogens is 270 g/mol. The summed E-state index contributed by atoms with van der Waals surface area (Å²) in [5, 5.41) is 13.2. The highest BCUT2D eigenvalue weighted by Crippen LogP contribution is 2.25. The molecule has 1 N–H and O–H groups in total. The summed E-state index contributed by atoms with van der Waals surface area (Å²) in [5.41, 5.74) is 0.856. The fourth-order valence-corrected chi connectivity index (χ4v) is 2.25. The molecule has 0 spiro atoms. The number of fused-ring (bicyclic) bond motifs is 1. The van der Waals surface area contributed by atoms with Crippen molar-refractivity contribution in [2.24, 2.45) is 0 Å². The molecule has 0 fully saturated rings. The highest BCUT2D eigenvalue weighted by Gasteiger charge is 2.23. The third kappa shape index (κ3) is 3.78. The van der Waals surface area contributed by atoms with Gasteiger partial charge in [-0.2, -0.15) is 0 Å². The monoisotopic (exact) mass is 289 g/mol. The van der Waals surface area contributed by atoms with E-state index in [2.05, 4.69) is 0 Å². The molecule has 0 aliphatic heterocycles. The van der Waals surface area contributed by atoms with Crippen LogP contribution in [0, 0.1) is 0 Å². The molecule has 0 bridgehead atoms. The molecule has 0 radical (unpaired) electrons. The van der Waals surface area contributed by atoms with Crippen molar-refractivity contribution in [1.29, 1.82) is 0 Å². The molecule has 2 aromatic carbocycles. The van der Waals surface area contributed by atoms with Gasteiger partial charge in [0.2, 0.25) is 0 Å². The van der Waals surface area contributed by atoms with Gasteiger partial charge in [-0.3, -0.25) is 4.79 Å². The second-order valence-corrected chi connectivity index (χ2v) is 4.72. The number of hydrogen-bond donors (Lipinski definition) is 1. The van der Waals surface area contributed by atoms with Crippen molar-refractivity contribution in [2.75, 3.05) is 20.4 Å². The van der Waals surface area contributed by atoms with E-state index in [0.717, 1.165) is 16.3 Å². The van der Waals surface area contributed by atoms with Gasteiger partial charge < -0.3 is 14.7 Å². The topological polar surface area (TPSA) is 59.0 Å². The van der Waals surface area contributed by atoms with E-state index < -0.39 is 12.0 Å². The van der Waals surface area contributed by atoms with Crippen LogP contribution in [0.15, 0.2) is 42.5 Å². The molecule has 2 rings (SSSR count). The molecule has 21 heavy (non-hydrogen) atoms. The average molecular weight is 289 g/mol. The van der Waals surface area contributed by atoms with Crippen LogP contribution >= 0.6 is 0 Å². The SMILES string of the molecule is COCN(OC(C)=O)[C@H](CO)c1ccc2ccccc2c1. The fraction of sp³-hybridized carbons (Fsp3) is 0.312. The molecule has 0 aliphatic carbocycles. The number of ether oxygens (including phenoxy) is 1. The minimum absolute atomic E-state index is 0.0810. The lowest BCUT2D eigenvalue weighted by Gasteiger charge is -2.27. The third-order valence-electron chi connectivity index (χ3n) is 3.18. The molecule has 0 saturated carbocycles. The number of carbonyl (C=O) groups is 1. The Morgan fingerprint density at radius 3 is 2.57 bits per heavy atom. The van der Waals surface area contributed by atoms with E-state index in [-0.39, 0.29) is 13.3 Å². The molecule has 5 nitrogen and oxygen atoms in total. The summed E-state index contributed by atoms with van der Waals surface area (Å²) in [4.78, 5) is 16.3. The minimum atomic E-state index is -0.474. The van der Waals surface area contributed by atoms with E-state index in [1.807, 2.05) is 42.5 Å². The van der Waals surface area contributed by atoms with Gasteiger partial charge in [0, 0.05) is 14.0 Å². The van der Waals surface area contributed by atoms with Gasteiger partial charge in [0.15, 0.2) is 0 Å². The standard InChI is InChI=1S/C16H19NO4/c1-12(19)21-17(11-20-2)16(10-18)15-8-7-13-5-3-4-6-14(13)9-15/h3-9,16,18H,10-11H2,1-2H3/t16-/m1/s1. The molecule has 0 unspecified atom stereocenters. The number of benzene rings is 2. The summed E-state index contributed by atoms with van der Waals surface area (Å²) >= 11 is 0. The van der Waals surface area contributed by atoms with Crippen LogP contribution in [-0.2, 0) is 14.4 Å². The van der Waals surface area contributed by atoms with Crippen LogP contribution in [0.1, 0.15) is 18.5 Å². The van der Waals surface area contributed by atoms with E-state index in [4.69, 9.17) is 9.57 Å². The number of carbonyl (C=O) groups excluding carboxylic acids is 1. The summed E-state index contributed by atoms with van der Waals surface area (Å²) in [7, 11) is 1.51. The van der Waals surface area contributed by atoms with Gasteiger partial charge in [0.25, 0.3) is 0 Å². The van der Waals surface area contributed by atoms with Gasteiger partial charge >= 0.3 is 5.97 Å². The van der Waals surface area contributed by atoms with Crippen LogP contribution in [-0.4, -0.2) is 36.6 Å².